The van der Waals surface area contributed by atoms with Crippen LogP contribution in [0.4, 0.5) is 4.79 Å². The average molecular weight is 241 g/mol. The lowest BCUT2D eigenvalue weighted by Crippen LogP contribution is -2.17. The van der Waals surface area contributed by atoms with E-state index in [1.807, 2.05) is 6.07 Å². The van der Waals surface area contributed by atoms with E-state index in [0.717, 1.165) is 12.8 Å². The molecular weight excluding hydrogens is 218 g/mol. The molecule has 0 aliphatic rings. The molecular formula is C13H23NO3. The van der Waals surface area contributed by atoms with Gasteiger partial charge < -0.3 is 9.47 Å². The molecule has 0 N–H and O–H groups in total. The number of ether oxygens (including phenoxy) is 2. The second-order valence-electron chi connectivity index (χ2n) is 3.98. The predicted octanol–water partition coefficient (Wildman–Crippen LogP) is 3.80. The smallest absolute Gasteiger partial charge is 0.435 e. The molecule has 0 radical (unpaired) electrons. The summed E-state index contributed by atoms with van der Waals surface area (Å²) in [6.45, 7) is 4.16. The Morgan fingerprint density at radius 3 is 2.41 bits per heavy atom. The lowest BCUT2D eigenvalue weighted by Gasteiger charge is -2.10. The Hall–Kier alpha value is -1.24. The number of carbonyl (C=O) groups excluding carboxylic acids is 1. The SMILES string of the molecule is CCCCCCCC[C@@H](C#N)OC(=O)OCC. The summed E-state index contributed by atoms with van der Waals surface area (Å²) in [5, 5.41) is 8.80. The maximum absolute atomic E-state index is 11.0. The molecule has 4 heteroatoms. The summed E-state index contributed by atoms with van der Waals surface area (Å²) in [5.74, 6) is 0. The minimum atomic E-state index is -0.745. The van der Waals surface area contributed by atoms with Crippen molar-refractivity contribution in [1.29, 1.82) is 5.26 Å². The first-order valence-corrected chi connectivity index (χ1v) is 6.47. The average Bonchev–Trinajstić information content (AvgIpc) is 2.32. The van der Waals surface area contributed by atoms with Crippen LogP contribution in [0, 0.1) is 11.3 Å². The van der Waals surface area contributed by atoms with Gasteiger partial charge in [-0.15, -0.1) is 0 Å². The molecule has 0 saturated carbocycles. The van der Waals surface area contributed by atoms with E-state index in [2.05, 4.69) is 11.7 Å². The zero-order chi connectivity index (χ0) is 12.9. The molecule has 17 heavy (non-hydrogen) atoms. The zero-order valence-corrected chi connectivity index (χ0v) is 10.9. The third-order valence-corrected chi connectivity index (χ3v) is 2.46. The number of hydrogen-bond donors (Lipinski definition) is 0. The van der Waals surface area contributed by atoms with Crippen molar-refractivity contribution >= 4 is 6.16 Å². The van der Waals surface area contributed by atoms with Crippen LogP contribution in [0.3, 0.4) is 0 Å². The van der Waals surface area contributed by atoms with Crippen LogP contribution in [-0.4, -0.2) is 18.9 Å². The summed E-state index contributed by atoms with van der Waals surface area (Å²) in [6.07, 6.45) is 6.11. The molecule has 0 amide bonds. The van der Waals surface area contributed by atoms with Crippen molar-refractivity contribution in [2.45, 2.75) is 64.9 Å². The fraction of sp³-hybridized carbons (Fsp3) is 0.846. The minimum Gasteiger partial charge on any atom is -0.435 e. The van der Waals surface area contributed by atoms with E-state index in [1.165, 1.54) is 25.7 Å². The molecule has 0 aromatic heterocycles. The quantitative estimate of drug-likeness (QED) is 0.455. The molecule has 0 aromatic carbocycles. The summed E-state index contributed by atoms with van der Waals surface area (Å²) in [7, 11) is 0. The van der Waals surface area contributed by atoms with Crippen LogP contribution in [-0.2, 0) is 9.47 Å². The number of unbranched alkanes of at least 4 members (excludes halogenated alkanes) is 5. The largest absolute Gasteiger partial charge is 0.509 e. The van der Waals surface area contributed by atoms with E-state index in [9.17, 15) is 4.79 Å². The zero-order valence-electron chi connectivity index (χ0n) is 10.9. The van der Waals surface area contributed by atoms with Gasteiger partial charge in [-0.25, -0.2) is 4.79 Å². The molecule has 0 aliphatic heterocycles. The lowest BCUT2D eigenvalue weighted by molar-refractivity contribution is 0.0396. The van der Waals surface area contributed by atoms with Crippen molar-refractivity contribution in [3.63, 3.8) is 0 Å². The van der Waals surface area contributed by atoms with Crippen molar-refractivity contribution in [2.24, 2.45) is 0 Å². The van der Waals surface area contributed by atoms with Gasteiger partial charge in [0.2, 0.25) is 0 Å². The Morgan fingerprint density at radius 1 is 1.18 bits per heavy atom. The Balaban J connectivity index is 3.55. The molecule has 0 heterocycles. The summed E-state index contributed by atoms with van der Waals surface area (Å²) >= 11 is 0. The minimum absolute atomic E-state index is 0.272. The Labute approximate surface area is 104 Å². The van der Waals surface area contributed by atoms with Gasteiger partial charge in [0.1, 0.15) is 6.07 Å². The molecule has 0 saturated heterocycles. The summed E-state index contributed by atoms with van der Waals surface area (Å²) < 4.78 is 9.47. The Bertz CT molecular complexity index is 235. The van der Waals surface area contributed by atoms with Crippen LogP contribution in [0.1, 0.15) is 58.8 Å². The van der Waals surface area contributed by atoms with Crippen molar-refractivity contribution in [3.05, 3.63) is 0 Å². The highest BCUT2D eigenvalue weighted by Crippen LogP contribution is 2.10. The van der Waals surface area contributed by atoms with Gasteiger partial charge in [0.25, 0.3) is 0 Å². The Kier molecular flexibility index (Phi) is 10.4. The molecule has 0 rings (SSSR count). The van der Waals surface area contributed by atoms with Crippen LogP contribution in [0.15, 0.2) is 0 Å². The highest BCUT2D eigenvalue weighted by molar-refractivity contribution is 5.60. The third kappa shape index (κ3) is 9.68. The molecule has 0 spiro atoms. The topological polar surface area (TPSA) is 59.3 Å². The first-order chi connectivity index (χ1) is 8.24. The van der Waals surface area contributed by atoms with Crippen LogP contribution >= 0.6 is 0 Å². The maximum atomic E-state index is 11.0. The molecule has 0 aliphatic carbocycles. The number of nitriles is 1. The van der Waals surface area contributed by atoms with Gasteiger partial charge in [0.15, 0.2) is 6.10 Å². The van der Waals surface area contributed by atoms with Gasteiger partial charge in [0, 0.05) is 0 Å². The molecule has 1 atom stereocenters. The number of carbonyl (C=O) groups is 1. The van der Waals surface area contributed by atoms with Crippen molar-refractivity contribution in [2.75, 3.05) is 6.61 Å². The monoisotopic (exact) mass is 241 g/mol. The van der Waals surface area contributed by atoms with Gasteiger partial charge in [-0.3, -0.25) is 0 Å². The van der Waals surface area contributed by atoms with Crippen LogP contribution in [0.5, 0.6) is 0 Å². The first-order valence-electron chi connectivity index (χ1n) is 6.47. The van der Waals surface area contributed by atoms with Gasteiger partial charge in [-0.1, -0.05) is 39.0 Å². The summed E-state index contributed by atoms with van der Waals surface area (Å²) in [4.78, 5) is 11.0. The summed E-state index contributed by atoms with van der Waals surface area (Å²) in [6, 6.07) is 1.97. The highest BCUT2D eigenvalue weighted by Gasteiger charge is 2.13. The normalized spacial score (nSPS) is 11.6. The standard InChI is InChI=1S/C13H23NO3/c1-3-5-6-7-8-9-10-12(11-14)17-13(15)16-4-2/h12H,3-10H2,1-2H3/t12-/m0/s1. The van der Waals surface area contributed by atoms with Gasteiger partial charge in [-0.2, -0.15) is 5.26 Å². The fourth-order valence-corrected chi connectivity index (χ4v) is 1.53. The van der Waals surface area contributed by atoms with Crippen LogP contribution in [0.25, 0.3) is 0 Å². The van der Waals surface area contributed by atoms with Crippen LogP contribution < -0.4 is 0 Å². The number of rotatable bonds is 9. The van der Waals surface area contributed by atoms with Crippen LogP contribution in [0.2, 0.25) is 0 Å². The molecule has 4 nitrogen and oxygen atoms in total. The summed E-state index contributed by atoms with van der Waals surface area (Å²) in [5.41, 5.74) is 0. The highest BCUT2D eigenvalue weighted by atomic mass is 16.7. The van der Waals surface area contributed by atoms with E-state index in [0.29, 0.717) is 6.42 Å². The van der Waals surface area contributed by atoms with E-state index in [-0.39, 0.29) is 6.61 Å². The van der Waals surface area contributed by atoms with Gasteiger partial charge in [0.05, 0.1) is 6.61 Å². The van der Waals surface area contributed by atoms with E-state index in [1.54, 1.807) is 6.92 Å². The van der Waals surface area contributed by atoms with Crippen molar-refractivity contribution in [1.82, 2.24) is 0 Å². The third-order valence-electron chi connectivity index (χ3n) is 2.46. The van der Waals surface area contributed by atoms with Crippen molar-refractivity contribution < 1.29 is 14.3 Å². The second-order valence-corrected chi connectivity index (χ2v) is 3.98. The molecule has 0 bridgehead atoms. The van der Waals surface area contributed by atoms with Gasteiger partial charge in [-0.05, 0) is 19.8 Å². The number of hydrogen-bond acceptors (Lipinski definition) is 4. The molecule has 0 unspecified atom stereocenters. The maximum Gasteiger partial charge on any atom is 0.509 e. The Morgan fingerprint density at radius 2 is 1.82 bits per heavy atom. The lowest BCUT2D eigenvalue weighted by atomic mass is 10.1. The van der Waals surface area contributed by atoms with Gasteiger partial charge >= 0.3 is 6.16 Å². The predicted molar refractivity (Wildman–Crippen MR) is 65.5 cm³/mol. The fourth-order valence-electron chi connectivity index (χ4n) is 1.53. The molecule has 0 fully saturated rings. The number of nitrogens with zero attached hydrogens (tertiary/aromatic N) is 1. The van der Waals surface area contributed by atoms with Crippen molar-refractivity contribution in [3.8, 4) is 6.07 Å². The molecule has 0 aromatic rings. The van der Waals surface area contributed by atoms with E-state index >= 15 is 0 Å². The van der Waals surface area contributed by atoms with E-state index in [4.69, 9.17) is 10.00 Å². The molecule has 98 valence electrons. The van der Waals surface area contributed by atoms with E-state index < -0.39 is 12.3 Å². The second kappa shape index (κ2) is 11.3. The first kappa shape index (κ1) is 15.8.